The molecule has 0 amide bonds. The van der Waals surface area contributed by atoms with Gasteiger partial charge in [0.25, 0.3) is 0 Å². The van der Waals surface area contributed by atoms with E-state index in [1.54, 1.807) is 7.11 Å². The van der Waals surface area contributed by atoms with Crippen molar-refractivity contribution in [2.24, 2.45) is 0 Å². The van der Waals surface area contributed by atoms with E-state index in [2.05, 4.69) is 22.6 Å². The molecule has 3 nitrogen and oxygen atoms in total. The molecule has 0 bridgehead atoms. The number of nitrogens with one attached hydrogen (secondary N) is 1. The van der Waals surface area contributed by atoms with Crippen LogP contribution >= 0.6 is 0 Å². The highest BCUT2D eigenvalue weighted by Gasteiger charge is 2.22. The van der Waals surface area contributed by atoms with Crippen molar-refractivity contribution in [3.05, 3.63) is 65.5 Å². The summed E-state index contributed by atoms with van der Waals surface area (Å²) in [5, 5.41) is 2.20. The van der Waals surface area contributed by atoms with Crippen molar-refractivity contribution >= 4 is 0 Å². The van der Waals surface area contributed by atoms with Crippen molar-refractivity contribution in [2.75, 3.05) is 13.7 Å². The molecule has 0 aliphatic carbocycles. The SMILES string of the molecule is COc1ccc(CN2CCC(c3ccc(F)cc3)N2)cc1. The maximum Gasteiger partial charge on any atom is 0.123 e. The fourth-order valence-electron chi connectivity index (χ4n) is 2.65. The smallest absolute Gasteiger partial charge is 0.123 e. The van der Waals surface area contributed by atoms with E-state index < -0.39 is 0 Å². The van der Waals surface area contributed by atoms with E-state index in [9.17, 15) is 4.39 Å². The number of hydrazine groups is 1. The van der Waals surface area contributed by atoms with Crippen LogP contribution < -0.4 is 10.2 Å². The molecule has 1 heterocycles. The van der Waals surface area contributed by atoms with Crippen LogP contribution in [-0.4, -0.2) is 18.7 Å². The Hall–Kier alpha value is -1.91. The zero-order chi connectivity index (χ0) is 14.7. The first-order chi connectivity index (χ1) is 10.2. The minimum Gasteiger partial charge on any atom is -0.497 e. The van der Waals surface area contributed by atoms with Gasteiger partial charge in [-0.2, -0.15) is 0 Å². The number of benzene rings is 2. The van der Waals surface area contributed by atoms with Crippen LogP contribution in [0.1, 0.15) is 23.6 Å². The van der Waals surface area contributed by atoms with Crippen LogP contribution in [0.2, 0.25) is 0 Å². The van der Waals surface area contributed by atoms with Crippen molar-refractivity contribution in [3.63, 3.8) is 0 Å². The second kappa shape index (κ2) is 6.24. The number of halogens is 1. The maximum absolute atomic E-state index is 13.0. The monoisotopic (exact) mass is 286 g/mol. The second-order valence-electron chi connectivity index (χ2n) is 5.29. The Labute approximate surface area is 124 Å². The number of hydrogen-bond acceptors (Lipinski definition) is 3. The van der Waals surface area contributed by atoms with Gasteiger partial charge in [0, 0.05) is 19.1 Å². The Balaban J connectivity index is 1.60. The average Bonchev–Trinajstić information content (AvgIpc) is 2.97. The van der Waals surface area contributed by atoms with Crippen LogP contribution in [0.25, 0.3) is 0 Å². The summed E-state index contributed by atoms with van der Waals surface area (Å²) in [4.78, 5) is 0. The number of ether oxygens (including phenoxy) is 1. The van der Waals surface area contributed by atoms with Gasteiger partial charge >= 0.3 is 0 Å². The van der Waals surface area contributed by atoms with E-state index in [1.165, 1.54) is 17.7 Å². The van der Waals surface area contributed by atoms with E-state index in [0.29, 0.717) is 0 Å². The normalized spacial score (nSPS) is 18.9. The van der Waals surface area contributed by atoms with Gasteiger partial charge in [0.15, 0.2) is 0 Å². The molecule has 0 radical (unpaired) electrons. The molecule has 110 valence electrons. The second-order valence-corrected chi connectivity index (χ2v) is 5.29. The minimum absolute atomic E-state index is 0.188. The molecule has 2 aromatic rings. The summed E-state index contributed by atoms with van der Waals surface area (Å²) < 4.78 is 18.1. The Morgan fingerprint density at radius 1 is 1.14 bits per heavy atom. The van der Waals surface area contributed by atoms with Crippen LogP contribution in [0.4, 0.5) is 4.39 Å². The Bertz CT molecular complexity index is 583. The van der Waals surface area contributed by atoms with Crippen LogP contribution in [0.3, 0.4) is 0 Å². The zero-order valence-corrected chi connectivity index (χ0v) is 12.1. The van der Waals surface area contributed by atoms with E-state index >= 15 is 0 Å². The average molecular weight is 286 g/mol. The van der Waals surface area contributed by atoms with Crippen molar-refractivity contribution in [3.8, 4) is 5.75 Å². The van der Waals surface area contributed by atoms with E-state index in [1.807, 2.05) is 24.3 Å². The van der Waals surface area contributed by atoms with Gasteiger partial charge in [0.2, 0.25) is 0 Å². The fraction of sp³-hybridized carbons (Fsp3) is 0.294. The van der Waals surface area contributed by atoms with Crippen molar-refractivity contribution < 1.29 is 9.13 Å². The quantitative estimate of drug-likeness (QED) is 0.933. The van der Waals surface area contributed by atoms with Crippen LogP contribution in [-0.2, 0) is 6.54 Å². The number of hydrogen-bond donors (Lipinski definition) is 1. The van der Waals surface area contributed by atoms with Gasteiger partial charge in [-0.15, -0.1) is 0 Å². The highest BCUT2D eigenvalue weighted by molar-refractivity contribution is 5.27. The third-order valence-corrected chi connectivity index (χ3v) is 3.83. The van der Waals surface area contributed by atoms with Crippen molar-refractivity contribution in [2.45, 2.75) is 19.0 Å². The predicted molar refractivity (Wildman–Crippen MR) is 80.3 cm³/mol. The highest BCUT2D eigenvalue weighted by Crippen LogP contribution is 2.24. The lowest BCUT2D eigenvalue weighted by atomic mass is 10.1. The van der Waals surface area contributed by atoms with Crippen LogP contribution in [0.15, 0.2) is 48.5 Å². The van der Waals surface area contributed by atoms with Crippen LogP contribution in [0.5, 0.6) is 5.75 Å². The first-order valence-electron chi connectivity index (χ1n) is 7.14. The largest absolute Gasteiger partial charge is 0.497 e. The van der Waals surface area contributed by atoms with Gasteiger partial charge < -0.3 is 4.74 Å². The van der Waals surface area contributed by atoms with Gasteiger partial charge in [0.05, 0.1) is 7.11 Å². The molecule has 1 fully saturated rings. The Kier molecular flexibility index (Phi) is 4.18. The summed E-state index contributed by atoms with van der Waals surface area (Å²) in [7, 11) is 1.67. The zero-order valence-electron chi connectivity index (χ0n) is 12.1. The van der Waals surface area contributed by atoms with Gasteiger partial charge in [-0.05, 0) is 41.8 Å². The van der Waals surface area contributed by atoms with Gasteiger partial charge in [-0.3, -0.25) is 0 Å². The molecule has 1 saturated heterocycles. The van der Waals surface area contributed by atoms with Gasteiger partial charge in [0.1, 0.15) is 11.6 Å². The highest BCUT2D eigenvalue weighted by atomic mass is 19.1. The predicted octanol–water partition coefficient (Wildman–Crippen LogP) is 3.29. The first kappa shape index (κ1) is 14.0. The third-order valence-electron chi connectivity index (χ3n) is 3.83. The summed E-state index contributed by atoms with van der Waals surface area (Å²) >= 11 is 0. The lowest BCUT2D eigenvalue weighted by Crippen LogP contribution is -2.31. The Morgan fingerprint density at radius 2 is 1.86 bits per heavy atom. The Morgan fingerprint density at radius 3 is 2.52 bits per heavy atom. The molecular formula is C17H19FN2O. The number of rotatable bonds is 4. The van der Waals surface area contributed by atoms with Gasteiger partial charge in [-0.1, -0.05) is 24.3 Å². The molecule has 2 aromatic carbocycles. The molecule has 0 aromatic heterocycles. The summed E-state index contributed by atoms with van der Waals surface area (Å²) in [6, 6.07) is 15.1. The summed E-state index contributed by atoms with van der Waals surface area (Å²) in [6.45, 7) is 1.83. The first-order valence-corrected chi connectivity index (χ1v) is 7.14. The fourth-order valence-corrected chi connectivity index (χ4v) is 2.65. The molecule has 4 heteroatoms. The molecule has 1 unspecified atom stereocenters. The lowest BCUT2D eigenvalue weighted by Gasteiger charge is -2.18. The van der Waals surface area contributed by atoms with Crippen molar-refractivity contribution in [1.29, 1.82) is 0 Å². The van der Waals surface area contributed by atoms with Crippen LogP contribution in [0, 0.1) is 5.82 Å². The molecule has 3 rings (SSSR count). The molecular weight excluding hydrogens is 267 g/mol. The molecule has 1 N–H and O–H groups in total. The lowest BCUT2D eigenvalue weighted by molar-refractivity contribution is 0.227. The summed E-state index contributed by atoms with van der Waals surface area (Å²) in [6.07, 6.45) is 1.03. The summed E-state index contributed by atoms with van der Waals surface area (Å²) in [5.41, 5.74) is 5.86. The maximum atomic E-state index is 13.0. The topological polar surface area (TPSA) is 24.5 Å². The third kappa shape index (κ3) is 3.40. The molecule has 1 aliphatic heterocycles. The van der Waals surface area contributed by atoms with Gasteiger partial charge in [-0.25, -0.2) is 14.8 Å². The molecule has 1 aliphatic rings. The number of methoxy groups -OCH3 is 1. The minimum atomic E-state index is -0.188. The van der Waals surface area contributed by atoms with E-state index in [-0.39, 0.29) is 11.9 Å². The molecule has 0 saturated carbocycles. The molecule has 21 heavy (non-hydrogen) atoms. The summed E-state index contributed by atoms with van der Waals surface area (Å²) in [5.74, 6) is 0.684. The van der Waals surface area contributed by atoms with E-state index in [0.717, 1.165) is 30.8 Å². The van der Waals surface area contributed by atoms with E-state index in [4.69, 9.17) is 4.74 Å². The van der Waals surface area contributed by atoms with Crippen molar-refractivity contribution in [1.82, 2.24) is 10.4 Å². The standard InChI is InChI=1S/C17H19FN2O/c1-21-16-8-2-13(3-9-16)12-20-11-10-17(19-20)14-4-6-15(18)7-5-14/h2-9,17,19H,10-12H2,1H3. The molecule has 1 atom stereocenters. The molecule has 0 spiro atoms. The number of nitrogens with zero attached hydrogens (tertiary/aromatic N) is 1.